The van der Waals surface area contributed by atoms with Crippen LogP contribution < -0.4 is 5.73 Å². The molecule has 3 nitrogen and oxygen atoms in total. The van der Waals surface area contributed by atoms with Gasteiger partial charge >= 0.3 is 0 Å². The van der Waals surface area contributed by atoms with Gasteiger partial charge in [-0.2, -0.15) is 0 Å². The number of anilines is 1. The van der Waals surface area contributed by atoms with Gasteiger partial charge in [-0.1, -0.05) is 6.92 Å². The third-order valence-corrected chi connectivity index (χ3v) is 5.60. The number of thiophene rings is 1. The van der Waals surface area contributed by atoms with Crippen LogP contribution in [-0.2, 0) is 12.8 Å². The number of fused-ring (bicyclic) bond motifs is 1. The summed E-state index contributed by atoms with van der Waals surface area (Å²) in [5.74, 6) is 0.932. The molecule has 4 heteroatoms. The first-order chi connectivity index (χ1) is 9.16. The average molecular weight is 278 g/mol. The van der Waals surface area contributed by atoms with Crippen LogP contribution in [0.15, 0.2) is 0 Å². The molecule has 104 valence electrons. The third kappa shape index (κ3) is 2.38. The molecule has 0 radical (unpaired) electrons. The minimum Gasteiger partial charge on any atom is -0.390 e. The van der Waals surface area contributed by atoms with Crippen molar-refractivity contribution in [2.45, 2.75) is 45.4 Å². The molecule has 3 rings (SSSR count). The largest absolute Gasteiger partial charge is 0.390 e. The van der Waals surface area contributed by atoms with Crippen molar-refractivity contribution in [3.05, 3.63) is 16.0 Å². The van der Waals surface area contributed by atoms with Crippen molar-refractivity contribution in [3.63, 3.8) is 0 Å². The van der Waals surface area contributed by atoms with E-state index in [2.05, 4.69) is 6.92 Å². The molecule has 1 amide bonds. The van der Waals surface area contributed by atoms with Crippen molar-refractivity contribution in [2.24, 2.45) is 5.92 Å². The highest BCUT2D eigenvalue weighted by Crippen LogP contribution is 2.37. The number of carbonyl (C=O) groups excluding carboxylic acids is 1. The van der Waals surface area contributed by atoms with Gasteiger partial charge in [-0.25, -0.2) is 0 Å². The average Bonchev–Trinajstić information content (AvgIpc) is 2.74. The van der Waals surface area contributed by atoms with Crippen LogP contribution in [0, 0.1) is 5.92 Å². The van der Waals surface area contributed by atoms with Crippen LogP contribution in [0.4, 0.5) is 5.00 Å². The zero-order valence-electron chi connectivity index (χ0n) is 11.6. The first-order valence-electron chi connectivity index (χ1n) is 7.36. The van der Waals surface area contributed by atoms with Gasteiger partial charge < -0.3 is 10.6 Å². The topological polar surface area (TPSA) is 46.3 Å². The lowest BCUT2D eigenvalue weighted by molar-refractivity contribution is 0.0697. The van der Waals surface area contributed by atoms with Crippen LogP contribution >= 0.6 is 11.3 Å². The molecule has 0 atom stereocenters. The SMILES string of the molecule is CC1CCN(C(=O)c2c(N)sc3c2CCCC3)CC1. The van der Waals surface area contributed by atoms with Crippen molar-refractivity contribution < 1.29 is 4.79 Å². The maximum atomic E-state index is 12.7. The number of rotatable bonds is 1. The van der Waals surface area contributed by atoms with Crippen molar-refractivity contribution in [1.29, 1.82) is 0 Å². The Morgan fingerprint density at radius 1 is 1.26 bits per heavy atom. The van der Waals surface area contributed by atoms with Crippen molar-refractivity contribution in [2.75, 3.05) is 18.8 Å². The lowest BCUT2D eigenvalue weighted by atomic mass is 9.94. The second-order valence-electron chi connectivity index (χ2n) is 5.92. The molecular formula is C15H22N2OS. The fourth-order valence-corrected chi connectivity index (χ4v) is 4.34. The number of hydrogen-bond acceptors (Lipinski definition) is 3. The number of nitrogen functional groups attached to an aromatic ring is 1. The van der Waals surface area contributed by atoms with Gasteiger partial charge in [-0.05, 0) is 50.0 Å². The number of carbonyl (C=O) groups is 1. The number of nitrogens with two attached hydrogens (primary N) is 1. The molecule has 0 bridgehead atoms. The van der Waals surface area contributed by atoms with E-state index in [1.165, 1.54) is 23.3 Å². The maximum Gasteiger partial charge on any atom is 0.257 e. The molecule has 1 aromatic heterocycles. The highest BCUT2D eigenvalue weighted by atomic mass is 32.1. The van der Waals surface area contributed by atoms with E-state index in [9.17, 15) is 4.79 Å². The first-order valence-corrected chi connectivity index (χ1v) is 8.17. The zero-order chi connectivity index (χ0) is 13.4. The molecule has 0 saturated carbocycles. The summed E-state index contributed by atoms with van der Waals surface area (Å²) in [5, 5.41) is 0.746. The van der Waals surface area contributed by atoms with Crippen LogP contribution in [0.2, 0.25) is 0 Å². The molecule has 0 unspecified atom stereocenters. The summed E-state index contributed by atoms with van der Waals surface area (Å²) in [6.07, 6.45) is 6.82. The van der Waals surface area contributed by atoms with Gasteiger partial charge in [-0.15, -0.1) is 11.3 Å². The monoisotopic (exact) mass is 278 g/mol. The van der Waals surface area contributed by atoms with Gasteiger partial charge in [0.15, 0.2) is 0 Å². The predicted molar refractivity (Wildman–Crippen MR) is 79.7 cm³/mol. The summed E-state index contributed by atoms with van der Waals surface area (Å²) in [4.78, 5) is 16.1. The summed E-state index contributed by atoms with van der Waals surface area (Å²) in [6.45, 7) is 4.05. The fraction of sp³-hybridized carbons (Fsp3) is 0.667. The Balaban J connectivity index is 1.85. The fourth-order valence-electron chi connectivity index (χ4n) is 3.19. The Labute approximate surface area is 118 Å². The van der Waals surface area contributed by atoms with E-state index in [0.717, 1.165) is 55.3 Å². The van der Waals surface area contributed by atoms with Gasteiger partial charge in [0.05, 0.1) is 10.6 Å². The molecule has 1 aliphatic heterocycles. The highest BCUT2D eigenvalue weighted by molar-refractivity contribution is 7.16. The number of aryl methyl sites for hydroxylation is 1. The Hall–Kier alpha value is -1.03. The van der Waals surface area contributed by atoms with Crippen LogP contribution in [0.1, 0.15) is 53.4 Å². The Kier molecular flexibility index (Phi) is 3.52. The standard InChI is InChI=1S/C15H22N2OS/c1-10-6-8-17(9-7-10)15(18)13-11-4-2-3-5-12(11)19-14(13)16/h10H,2-9,16H2,1H3. The van der Waals surface area contributed by atoms with E-state index in [4.69, 9.17) is 5.73 Å². The quantitative estimate of drug-likeness (QED) is 0.858. The highest BCUT2D eigenvalue weighted by Gasteiger charge is 2.28. The van der Waals surface area contributed by atoms with E-state index in [1.54, 1.807) is 11.3 Å². The van der Waals surface area contributed by atoms with Crippen LogP contribution in [0.3, 0.4) is 0 Å². The van der Waals surface area contributed by atoms with E-state index < -0.39 is 0 Å². The van der Waals surface area contributed by atoms with Crippen molar-refractivity contribution in [1.82, 2.24) is 4.90 Å². The van der Waals surface area contributed by atoms with Gasteiger partial charge in [0.1, 0.15) is 0 Å². The molecule has 1 fully saturated rings. The molecule has 19 heavy (non-hydrogen) atoms. The van der Waals surface area contributed by atoms with Gasteiger partial charge in [0, 0.05) is 18.0 Å². The number of likely N-dealkylation sites (tertiary alicyclic amines) is 1. The first kappa shape index (κ1) is 13.0. The molecular weight excluding hydrogens is 256 g/mol. The number of nitrogens with zero attached hydrogens (tertiary/aromatic N) is 1. The van der Waals surface area contributed by atoms with Gasteiger partial charge in [-0.3, -0.25) is 4.79 Å². The van der Waals surface area contributed by atoms with E-state index in [0.29, 0.717) is 0 Å². The molecule has 1 aliphatic carbocycles. The summed E-state index contributed by atoms with van der Waals surface area (Å²) in [7, 11) is 0. The third-order valence-electron chi connectivity index (χ3n) is 4.48. The Bertz CT molecular complexity index is 487. The summed E-state index contributed by atoms with van der Waals surface area (Å²) >= 11 is 1.64. The molecule has 1 aromatic rings. The molecule has 0 aromatic carbocycles. The molecule has 2 aliphatic rings. The number of piperidine rings is 1. The summed E-state index contributed by atoms with van der Waals surface area (Å²) in [5.41, 5.74) is 8.23. The lowest BCUT2D eigenvalue weighted by Gasteiger charge is -2.30. The predicted octanol–water partition coefficient (Wildman–Crippen LogP) is 3.08. The van der Waals surface area contributed by atoms with Crippen molar-refractivity contribution >= 4 is 22.2 Å². The lowest BCUT2D eigenvalue weighted by Crippen LogP contribution is -2.38. The Morgan fingerprint density at radius 2 is 1.95 bits per heavy atom. The normalized spacial score (nSPS) is 20.4. The van der Waals surface area contributed by atoms with E-state index in [-0.39, 0.29) is 5.91 Å². The van der Waals surface area contributed by atoms with Gasteiger partial charge in [0.2, 0.25) is 0 Å². The van der Waals surface area contributed by atoms with E-state index >= 15 is 0 Å². The molecule has 1 saturated heterocycles. The maximum absolute atomic E-state index is 12.7. The van der Waals surface area contributed by atoms with Crippen molar-refractivity contribution in [3.8, 4) is 0 Å². The second kappa shape index (κ2) is 5.16. The number of hydrogen-bond donors (Lipinski definition) is 1. The molecule has 0 spiro atoms. The minimum absolute atomic E-state index is 0.184. The summed E-state index contributed by atoms with van der Waals surface area (Å²) < 4.78 is 0. The molecule has 2 N–H and O–H groups in total. The van der Waals surface area contributed by atoms with Crippen LogP contribution in [0.25, 0.3) is 0 Å². The second-order valence-corrected chi connectivity index (χ2v) is 7.06. The van der Waals surface area contributed by atoms with Gasteiger partial charge in [0.25, 0.3) is 5.91 Å². The smallest absolute Gasteiger partial charge is 0.257 e. The van der Waals surface area contributed by atoms with Crippen LogP contribution in [0.5, 0.6) is 0 Å². The molecule has 2 heterocycles. The Morgan fingerprint density at radius 3 is 2.68 bits per heavy atom. The van der Waals surface area contributed by atoms with Crippen LogP contribution in [-0.4, -0.2) is 23.9 Å². The zero-order valence-corrected chi connectivity index (χ0v) is 12.4. The minimum atomic E-state index is 0.184. The van der Waals surface area contributed by atoms with E-state index in [1.807, 2.05) is 4.90 Å². The summed E-state index contributed by atoms with van der Waals surface area (Å²) in [6, 6.07) is 0. The number of amides is 1.